The third-order valence-corrected chi connectivity index (χ3v) is 2.48. The second-order valence-electron chi connectivity index (χ2n) is 3.87. The molecular formula is C16H13NO. The molecule has 0 atom stereocenters. The lowest BCUT2D eigenvalue weighted by Crippen LogP contribution is -1.91. The van der Waals surface area contributed by atoms with Crippen LogP contribution < -0.4 is 5.32 Å². The highest BCUT2D eigenvalue weighted by Crippen LogP contribution is 2.05. The summed E-state index contributed by atoms with van der Waals surface area (Å²) in [6, 6.07) is 19.9. The standard InChI is InChI=1S/C16H13NO/c1-13(18)15-9-7-14(8-10-15)11-12-17-16-5-3-2-4-6-16/h2-10,17H,1H3. The Balaban J connectivity index is 2.04. The lowest BCUT2D eigenvalue weighted by molar-refractivity contribution is 0.101. The minimum absolute atomic E-state index is 0.0666. The van der Waals surface area contributed by atoms with Crippen LogP contribution in [0.3, 0.4) is 0 Å². The first-order valence-corrected chi connectivity index (χ1v) is 5.69. The predicted octanol–water partition coefficient (Wildman–Crippen LogP) is 3.31. The van der Waals surface area contributed by atoms with E-state index in [4.69, 9.17) is 0 Å². The fourth-order valence-electron chi connectivity index (χ4n) is 1.49. The first-order chi connectivity index (χ1) is 8.75. The monoisotopic (exact) mass is 235 g/mol. The van der Waals surface area contributed by atoms with Crippen LogP contribution in [0.4, 0.5) is 5.69 Å². The number of para-hydroxylation sites is 1. The summed E-state index contributed by atoms with van der Waals surface area (Å²) in [6.45, 7) is 1.55. The van der Waals surface area contributed by atoms with E-state index < -0.39 is 0 Å². The van der Waals surface area contributed by atoms with Crippen molar-refractivity contribution in [1.82, 2.24) is 0 Å². The molecule has 2 rings (SSSR count). The molecule has 0 saturated carbocycles. The van der Waals surface area contributed by atoms with Crippen molar-refractivity contribution >= 4 is 11.5 Å². The Labute approximate surface area is 107 Å². The van der Waals surface area contributed by atoms with E-state index >= 15 is 0 Å². The van der Waals surface area contributed by atoms with Crippen molar-refractivity contribution in [3.63, 3.8) is 0 Å². The van der Waals surface area contributed by atoms with Crippen LogP contribution >= 0.6 is 0 Å². The molecule has 0 aliphatic carbocycles. The maximum atomic E-state index is 11.1. The number of Topliss-reactive ketones (excluding diaryl/α,β-unsaturated/α-hetero) is 1. The largest absolute Gasteiger partial charge is 0.315 e. The summed E-state index contributed by atoms with van der Waals surface area (Å²) in [4.78, 5) is 11.1. The molecule has 0 heterocycles. The number of rotatable bonds is 2. The zero-order valence-corrected chi connectivity index (χ0v) is 10.1. The summed E-state index contributed by atoms with van der Waals surface area (Å²) in [5.74, 6) is 3.05. The van der Waals surface area contributed by atoms with Crippen LogP contribution in [0.2, 0.25) is 0 Å². The van der Waals surface area contributed by atoms with Crippen molar-refractivity contribution in [3.05, 3.63) is 65.7 Å². The molecule has 0 radical (unpaired) electrons. The fraction of sp³-hybridized carbons (Fsp3) is 0.0625. The summed E-state index contributed by atoms with van der Waals surface area (Å²) < 4.78 is 0. The van der Waals surface area contributed by atoms with Gasteiger partial charge in [0.05, 0.1) is 0 Å². The van der Waals surface area contributed by atoms with Crippen molar-refractivity contribution in [2.24, 2.45) is 0 Å². The van der Waals surface area contributed by atoms with Gasteiger partial charge in [-0.1, -0.05) is 30.3 Å². The molecule has 0 amide bonds. The Kier molecular flexibility index (Phi) is 3.78. The number of hydrogen-bond acceptors (Lipinski definition) is 2. The molecule has 1 N–H and O–H groups in total. The topological polar surface area (TPSA) is 29.1 Å². The smallest absolute Gasteiger partial charge is 0.159 e. The molecule has 0 unspecified atom stereocenters. The molecule has 2 nitrogen and oxygen atoms in total. The van der Waals surface area contributed by atoms with Crippen LogP contribution in [0.1, 0.15) is 22.8 Å². The average Bonchev–Trinajstić information content (AvgIpc) is 2.40. The molecule has 2 aromatic carbocycles. The van der Waals surface area contributed by atoms with Gasteiger partial charge in [0.25, 0.3) is 0 Å². The highest BCUT2D eigenvalue weighted by molar-refractivity contribution is 5.94. The SMILES string of the molecule is CC(=O)c1ccc(C#CNc2ccccc2)cc1. The lowest BCUT2D eigenvalue weighted by atomic mass is 10.1. The summed E-state index contributed by atoms with van der Waals surface area (Å²) >= 11 is 0. The molecule has 2 aromatic rings. The molecule has 0 aliphatic rings. The van der Waals surface area contributed by atoms with Gasteiger partial charge in [0.15, 0.2) is 5.78 Å². The quantitative estimate of drug-likeness (QED) is 0.491. The number of anilines is 1. The van der Waals surface area contributed by atoms with Gasteiger partial charge in [0, 0.05) is 22.9 Å². The van der Waals surface area contributed by atoms with E-state index in [2.05, 4.69) is 17.3 Å². The van der Waals surface area contributed by atoms with Crippen molar-refractivity contribution in [1.29, 1.82) is 0 Å². The second-order valence-corrected chi connectivity index (χ2v) is 3.87. The van der Waals surface area contributed by atoms with Crippen LogP contribution in [0.25, 0.3) is 0 Å². The summed E-state index contributed by atoms with van der Waals surface area (Å²) in [7, 11) is 0. The highest BCUT2D eigenvalue weighted by atomic mass is 16.1. The van der Waals surface area contributed by atoms with Gasteiger partial charge in [-0.05, 0) is 37.1 Å². The lowest BCUT2D eigenvalue weighted by Gasteiger charge is -1.96. The number of nitrogens with one attached hydrogen (secondary N) is 1. The normalized spacial score (nSPS) is 9.17. The number of carbonyl (C=O) groups is 1. The van der Waals surface area contributed by atoms with E-state index in [1.807, 2.05) is 42.5 Å². The Bertz CT molecular complexity index is 588. The molecule has 88 valence electrons. The summed E-state index contributed by atoms with van der Waals surface area (Å²) in [5, 5.41) is 3.00. The van der Waals surface area contributed by atoms with Gasteiger partial charge in [-0.25, -0.2) is 0 Å². The van der Waals surface area contributed by atoms with E-state index in [0.29, 0.717) is 5.56 Å². The van der Waals surface area contributed by atoms with Gasteiger partial charge in [-0.3, -0.25) is 4.79 Å². The number of carbonyl (C=O) groups excluding carboxylic acids is 1. The molecule has 18 heavy (non-hydrogen) atoms. The molecule has 0 spiro atoms. The summed E-state index contributed by atoms with van der Waals surface area (Å²) in [6.07, 6.45) is 0. The van der Waals surface area contributed by atoms with Gasteiger partial charge in [-0.2, -0.15) is 0 Å². The maximum Gasteiger partial charge on any atom is 0.159 e. The Morgan fingerprint density at radius 3 is 2.28 bits per heavy atom. The first kappa shape index (κ1) is 11.9. The molecule has 0 fully saturated rings. The van der Waals surface area contributed by atoms with Crippen molar-refractivity contribution in [3.8, 4) is 12.0 Å². The number of benzene rings is 2. The minimum Gasteiger partial charge on any atom is -0.315 e. The van der Waals surface area contributed by atoms with Crippen LogP contribution in [0.15, 0.2) is 54.6 Å². The van der Waals surface area contributed by atoms with Crippen LogP contribution in [-0.2, 0) is 0 Å². The van der Waals surface area contributed by atoms with E-state index in [0.717, 1.165) is 11.3 Å². The molecular weight excluding hydrogens is 222 g/mol. The van der Waals surface area contributed by atoms with Crippen molar-refractivity contribution in [2.75, 3.05) is 5.32 Å². The van der Waals surface area contributed by atoms with E-state index in [-0.39, 0.29) is 5.78 Å². The van der Waals surface area contributed by atoms with Crippen molar-refractivity contribution in [2.45, 2.75) is 6.92 Å². The minimum atomic E-state index is 0.0666. The molecule has 0 aromatic heterocycles. The predicted molar refractivity (Wildman–Crippen MR) is 73.4 cm³/mol. The third kappa shape index (κ3) is 3.23. The number of ketones is 1. The third-order valence-electron chi connectivity index (χ3n) is 2.48. The zero-order valence-electron chi connectivity index (χ0n) is 10.1. The van der Waals surface area contributed by atoms with Gasteiger partial charge < -0.3 is 5.32 Å². The van der Waals surface area contributed by atoms with E-state index in [1.165, 1.54) is 0 Å². The zero-order chi connectivity index (χ0) is 12.8. The Morgan fingerprint density at radius 2 is 1.67 bits per heavy atom. The van der Waals surface area contributed by atoms with Gasteiger partial charge in [0.1, 0.15) is 0 Å². The molecule has 0 bridgehead atoms. The number of hydrogen-bond donors (Lipinski definition) is 1. The first-order valence-electron chi connectivity index (χ1n) is 5.69. The van der Waals surface area contributed by atoms with Gasteiger partial charge in [0.2, 0.25) is 0 Å². The van der Waals surface area contributed by atoms with Gasteiger partial charge in [-0.15, -0.1) is 0 Å². The van der Waals surface area contributed by atoms with Crippen molar-refractivity contribution < 1.29 is 4.79 Å². The second kappa shape index (κ2) is 5.70. The van der Waals surface area contributed by atoms with Gasteiger partial charge >= 0.3 is 0 Å². The van der Waals surface area contributed by atoms with E-state index in [9.17, 15) is 4.79 Å². The Morgan fingerprint density at radius 1 is 1.00 bits per heavy atom. The van der Waals surface area contributed by atoms with Crippen LogP contribution in [0.5, 0.6) is 0 Å². The highest BCUT2D eigenvalue weighted by Gasteiger charge is 1.96. The average molecular weight is 235 g/mol. The van der Waals surface area contributed by atoms with E-state index in [1.54, 1.807) is 19.1 Å². The van der Waals surface area contributed by atoms with Crippen LogP contribution in [-0.4, -0.2) is 5.78 Å². The summed E-state index contributed by atoms with van der Waals surface area (Å²) in [5.41, 5.74) is 2.55. The fourth-order valence-corrected chi connectivity index (χ4v) is 1.49. The molecule has 2 heteroatoms. The Hall–Kier alpha value is -2.53. The maximum absolute atomic E-state index is 11.1. The molecule has 0 aliphatic heterocycles. The molecule has 0 saturated heterocycles. The van der Waals surface area contributed by atoms with Crippen LogP contribution in [0, 0.1) is 12.0 Å².